The van der Waals surface area contributed by atoms with Crippen LogP contribution < -0.4 is 0 Å². The Morgan fingerprint density at radius 1 is 0.339 bits per heavy atom. The Balaban J connectivity index is 1.14. The molecule has 2 heterocycles. The third-order valence-corrected chi connectivity index (χ3v) is 12.6. The van der Waals surface area contributed by atoms with Gasteiger partial charge in [0.05, 0.1) is 16.8 Å². The van der Waals surface area contributed by atoms with Crippen molar-refractivity contribution in [3.8, 4) is 67.3 Å². The van der Waals surface area contributed by atoms with Gasteiger partial charge in [0.2, 0.25) is 0 Å². The second kappa shape index (κ2) is 14.5. The molecule has 0 amide bonds. The van der Waals surface area contributed by atoms with Crippen LogP contribution in [0.5, 0.6) is 0 Å². The Labute approximate surface area is 360 Å². The van der Waals surface area contributed by atoms with E-state index in [1.54, 1.807) is 0 Å². The highest BCUT2D eigenvalue weighted by Gasteiger charge is 2.47. The van der Waals surface area contributed by atoms with Crippen molar-refractivity contribution < 1.29 is 4.42 Å². The molecule has 0 bridgehead atoms. The molecule has 0 fully saturated rings. The van der Waals surface area contributed by atoms with Crippen molar-refractivity contribution in [1.29, 1.82) is 0 Å². The Morgan fingerprint density at radius 3 is 1.63 bits per heavy atom. The molecule has 290 valence electrons. The first-order chi connectivity index (χ1) is 30.7. The van der Waals surface area contributed by atoms with Gasteiger partial charge in [-0.05, 0) is 92.0 Å². The monoisotopic (exact) mass is 790 g/mol. The highest BCUT2D eigenvalue weighted by Crippen LogP contribution is 2.59. The summed E-state index contributed by atoms with van der Waals surface area (Å²) in [5, 5.41) is 2.15. The molecular formula is C59H38N2O. The minimum Gasteiger partial charge on any atom is -0.455 e. The lowest BCUT2D eigenvalue weighted by Crippen LogP contribution is -2.29. The highest BCUT2D eigenvalue weighted by atomic mass is 16.3. The van der Waals surface area contributed by atoms with E-state index in [0.29, 0.717) is 5.82 Å². The van der Waals surface area contributed by atoms with Crippen molar-refractivity contribution in [2.75, 3.05) is 0 Å². The van der Waals surface area contributed by atoms with Gasteiger partial charge in [-0.2, -0.15) is 0 Å². The zero-order chi connectivity index (χ0) is 41.0. The Kier molecular flexibility index (Phi) is 8.39. The standard InChI is InChI=1S/C59H38N2O/c1-5-19-39(20-6-1)41-35-42(46-29-17-30-49-47-27-13-15-33-52(47)59(56(46)49,44-23-9-3-10-24-44)45-25-11-4-12-26-45)37-43(36-41)53-38-54(61-58(60-53)40-21-7-2-8-22-40)51-32-18-31-50-48-28-14-16-34-55(48)62-57(50)51/h1-38H. The number of benzene rings is 9. The minimum absolute atomic E-state index is 0.568. The molecule has 0 N–H and O–H groups in total. The summed E-state index contributed by atoms with van der Waals surface area (Å²) in [7, 11) is 0. The van der Waals surface area contributed by atoms with Gasteiger partial charge in [0.15, 0.2) is 5.82 Å². The number of hydrogen-bond acceptors (Lipinski definition) is 3. The molecule has 0 saturated carbocycles. The summed E-state index contributed by atoms with van der Waals surface area (Å²) in [6, 6.07) is 82.4. The van der Waals surface area contributed by atoms with Crippen molar-refractivity contribution in [3.05, 3.63) is 253 Å². The summed E-state index contributed by atoms with van der Waals surface area (Å²) in [5.74, 6) is 0.654. The highest BCUT2D eigenvalue weighted by molar-refractivity contribution is 6.09. The van der Waals surface area contributed by atoms with Crippen LogP contribution in [0.15, 0.2) is 235 Å². The molecule has 1 aliphatic carbocycles. The van der Waals surface area contributed by atoms with E-state index in [0.717, 1.165) is 66.7 Å². The molecule has 11 aromatic rings. The summed E-state index contributed by atoms with van der Waals surface area (Å²) in [4.78, 5) is 10.6. The van der Waals surface area contributed by atoms with E-state index in [-0.39, 0.29) is 0 Å². The lowest BCUT2D eigenvalue weighted by Gasteiger charge is -2.35. The largest absolute Gasteiger partial charge is 0.455 e. The van der Waals surface area contributed by atoms with E-state index in [2.05, 4.69) is 200 Å². The summed E-state index contributed by atoms with van der Waals surface area (Å²) in [6.07, 6.45) is 0. The zero-order valence-corrected chi connectivity index (χ0v) is 33.7. The van der Waals surface area contributed by atoms with Crippen LogP contribution in [0.1, 0.15) is 22.3 Å². The maximum absolute atomic E-state index is 6.58. The molecular weight excluding hydrogens is 753 g/mol. The molecule has 12 rings (SSSR count). The number of furan rings is 1. The van der Waals surface area contributed by atoms with Crippen molar-refractivity contribution in [2.45, 2.75) is 5.41 Å². The molecule has 0 saturated heterocycles. The molecule has 0 spiro atoms. The van der Waals surface area contributed by atoms with Crippen LogP contribution >= 0.6 is 0 Å². The van der Waals surface area contributed by atoms with Gasteiger partial charge in [0.1, 0.15) is 11.2 Å². The fourth-order valence-electron chi connectivity index (χ4n) is 9.87. The Hall–Kier alpha value is -8.14. The van der Waals surface area contributed by atoms with Crippen molar-refractivity contribution >= 4 is 21.9 Å². The molecule has 1 aliphatic rings. The number of rotatable bonds is 7. The van der Waals surface area contributed by atoms with E-state index < -0.39 is 5.41 Å². The van der Waals surface area contributed by atoms with Crippen LogP contribution in [-0.4, -0.2) is 9.97 Å². The predicted molar refractivity (Wildman–Crippen MR) is 254 cm³/mol. The first-order valence-electron chi connectivity index (χ1n) is 21.1. The summed E-state index contributed by atoms with van der Waals surface area (Å²) >= 11 is 0. The number of para-hydroxylation sites is 2. The maximum atomic E-state index is 6.58. The molecule has 62 heavy (non-hydrogen) atoms. The van der Waals surface area contributed by atoms with E-state index in [9.17, 15) is 0 Å². The van der Waals surface area contributed by atoms with Crippen LogP contribution in [0, 0.1) is 0 Å². The van der Waals surface area contributed by atoms with E-state index >= 15 is 0 Å². The Morgan fingerprint density at radius 2 is 0.871 bits per heavy atom. The quantitative estimate of drug-likeness (QED) is 0.161. The van der Waals surface area contributed by atoms with Crippen molar-refractivity contribution in [1.82, 2.24) is 9.97 Å². The van der Waals surface area contributed by atoms with Crippen LogP contribution in [0.3, 0.4) is 0 Å². The summed E-state index contributed by atoms with van der Waals surface area (Å²) in [5.41, 5.74) is 17.7. The smallest absolute Gasteiger partial charge is 0.160 e. The number of nitrogens with zero attached hydrogens (tertiary/aromatic N) is 2. The SMILES string of the molecule is c1ccc(-c2cc(-c3cc(-c4cccc5c4oc4ccccc45)nc(-c4ccccc4)n3)cc(-c3cccc4c3C(c3ccccc3)(c3ccccc3)c3ccccc3-4)c2)cc1. The summed E-state index contributed by atoms with van der Waals surface area (Å²) < 4.78 is 6.58. The third-order valence-electron chi connectivity index (χ3n) is 12.6. The van der Waals surface area contributed by atoms with Gasteiger partial charge in [-0.3, -0.25) is 0 Å². The van der Waals surface area contributed by atoms with Gasteiger partial charge >= 0.3 is 0 Å². The van der Waals surface area contributed by atoms with Gasteiger partial charge in [-0.25, -0.2) is 9.97 Å². The molecule has 2 aromatic heterocycles. The second-order valence-electron chi connectivity index (χ2n) is 16.0. The van der Waals surface area contributed by atoms with Crippen LogP contribution in [-0.2, 0) is 5.41 Å². The first kappa shape index (κ1) is 35.8. The second-order valence-corrected chi connectivity index (χ2v) is 16.0. The molecule has 0 aliphatic heterocycles. The van der Waals surface area contributed by atoms with Crippen LogP contribution in [0.2, 0.25) is 0 Å². The first-order valence-corrected chi connectivity index (χ1v) is 21.1. The lowest BCUT2D eigenvalue weighted by molar-refractivity contribution is 0.670. The molecule has 0 radical (unpaired) electrons. The lowest BCUT2D eigenvalue weighted by atomic mass is 9.66. The average molecular weight is 791 g/mol. The zero-order valence-electron chi connectivity index (χ0n) is 33.7. The molecule has 3 nitrogen and oxygen atoms in total. The van der Waals surface area contributed by atoms with Gasteiger partial charge in [0.25, 0.3) is 0 Å². The minimum atomic E-state index is -0.568. The number of aromatic nitrogens is 2. The maximum Gasteiger partial charge on any atom is 0.160 e. The van der Waals surface area contributed by atoms with E-state index in [1.165, 1.54) is 38.9 Å². The summed E-state index contributed by atoms with van der Waals surface area (Å²) in [6.45, 7) is 0. The predicted octanol–water partition coefficient (Wildman–Crippen LogP) is 15.1. The molecule has 0 unspecified atom stereocenters. The fourth-order valence-corrected chi connectivity index (χ4v) is 9.87. The van der Waals surface area contributed by atoms with Crippen LogP contribution in [0.25, 0.3) is 89.2 Å². The normalized spacial score (nSPS) is 12.6. The van der Waals surface area contributed by atoms with Gasteiger partial charge in [-0.1, -0.05) is 194 Å². The number of fused-ring (bicyclic) bond motifs is 6. The topological polar surface area (TPSA) is 38.9 Å². The van der Waals surface area contributed by atoms with Crippen LogP contribution in [0.4, 0.5) is 0 Å². The molecule has 0 atom stereocenters. The van der Waals surface area contributed by atoms with Crippen molar-refractivity contribution in [3.63, 3.8) is 0 Å². The van der Waals surface area contributed by atoms with E-state index in [1.807, 2.05) is 30.3 Å². The third kappa shape index (κ3) is 5.67. The fraction of sp³-hybridized carbons (Fsp3) is 0.0169. The number of hydrogen-bond donors (Lipinski definition) is 0. The Bertz CT molecular complexity index is 3410. The van der Waals surface area contributed by atoms with Gasteiger partial charge in [-0.15, -0.1) is 0 Å². The molecule has 3 heteroatoms. The van der Waals surface area contributed by atoms with Gasteiger partial charge < -0.3 is 4.42 Å². The van der Waals surface area contributed by atoms with Gasteiger partial charge in [0, 0.05) is 27.5 Å². The molecule has 9 aromatic carbocycles. The van der Waals surface area contributed by atoms with Crippen molar-refractivity contribution in [2.24, 2.45) is 0 Å². The van der Waals surface area contributed by atoms with E-state index in [4.69, 9.17) is 14.4 Å². The average Bonchev–Trinajstić information content (AvgIpc) is 3.89.